The number of hydrogen-bond donors (Lipinski definition) is 1. The van der Waals surface area contributed by atoms with Crippen molar-refractivity contribution in [1.82, 2.24) is 10.4 Å². The van der Waals surface area contributed by atoms with Crippen LogP contribution in [-0.4, -0.2) is 17.5 Å². The summed E-state index contributed by atoms with van der Waals surface area (Å²) >= 11 is 0. The fourth-order valence-corrected chi connectivity index (χ4v) is 2.55. The summed E-state index contributed by atoms with van der Waals surface area (Å²) in [5, 5.41) is 1.99. The number of carbonyl (C=O) groups excluding carboxylic acids is 1. The van der Waals surface area contributed by atoms with Crippen LogP contribution in [0, 0.1) is 0 Å². The highest BCUT2D eigenvalue weighted by atomic mass is 16.2. The summed E-state index contributed by atoms with van der Waals surface area (Å²) in [6.45, 7) is 2.57. The molecule has 1 amide bonds. The van der Waals surface area contributed by atoms with Crippen molar-refractivity contribution in [2.45, 2.75) is 12.5 Å². The molecule has 3 heteroatoms. The van der Waals surface area contributed by atoms with Crippen LogP contribution in [0.15, 0.2) is 60.7 Å². The Hall–Kier alpha value is -2.13. The maximum absolute atomic E-state index is 11.3. The summed E-state index contributed by atoms with van der Waals surface area (Å²) < 4.78 is 0. The van der Waals surface area contributed by atoms with Gasteiger partial charge in [0.25, 0.3) is 0 Å². The van der Waals surface area contributed by atoms with E-state index in [1.54, 1.807) is 0 Å². The van der Waals surface area contributed by atoms with Crippen molar-refractivity contribution in [2.75, 3.05) is 6.54 Å². The first kappa shape index (κ1) is 11.9. The molecule has 1 fully saturated rings. The predicted octanol–water partition coefficient (Wildman–Crippen LogP) is 2.30. The molecule has 3 rings (SSSR count). The van der Waals surface area contributed by atoms with Gasteiger partial charge in [0.1, 0.15) is 0 Å². The summed E-state index contributed by atoms with van der Waals surface area (Å²) in [5.41, 5.74) is 4.87. The van der Waals surface area contributed by atoms with Gasteiger partial charge in [-0.15, -0.1) is 0 Å². The zero-order chi connectivity index (χ0) is 13.3. The minimum absolute atomic E-state index is 0.0677. The lowest BCUT2D eigenvalue weighted by atomic mass is 9.83. The summed E-state index contributed by atoms with van der Waals surface area (Å²) in [7, 11) is 0. The maximum atomic E-state index is 11.3. The van der Waals surface area contributed by atoms with E-state index in [0.29, 0.717) is 6.54 Å². The van der Waals surface area contributed by atoms with E-state index in [1.165, 1.54) is 11.1 Å². The highest BCUT2D eigenvalue weighted by molar-refractivity contribution is 5.82. The van der Waals surface area contributed by atoms with Crippen molar-refractivity contribution in [3.05, 3.63) is 71.8 Å². The summed E-state index contributed by atoms with van der Waals surface area (Å²) in [4.78, 5) is 11.3. The molecule has 1 aliphatic heterocycles. The molecule has 0 radical (unpaired) electrons. The molecule has 19 heavy (non-hydrogen) atoms. The molecule has 0 bridgehead atoms. The summed E-state index contributed by atoms with van der Waals surface area (Å²) in [5.74, 6) is 0.0677. The zero-order valence-corrected chi connectivity index (χ0v) is 10.8. The minimum Gasteiger partial charge on any atom is -0.286 e. The quantitative estimate of drug-likeness (QED) is 0.909. The second-order valence-electron chi connectivity index (χ2n) is 4.93. The van der Waals surface area contributed by atoms with Gasteiger partial charge >= 0.3 is 0 Å². The second kappa shape index (κ2) is 4.52. The van der Waals surface area contributed by atoms with Gasteiger partial charge < -0.3 is 0 Å². The molecule has 1 heterocycles. The fourth-order valence-electron chi connectivity index (χ4n) is 2.55. The van der Waals surface area contributed by atoms with Crippen LogP contribution in [0.3, 0.4) is 0 Å². The molecular formula is C16H16N2O. The van der Waals surface area contributed by atoms with Gasteiger partial charge in [-0.25, -0.2) is 0 Å². The molecule has 1 N–H and O–H groups in total. The Kier molecular flexibility index (Phi) is 2.84. The number of nitrogens with one attached hydrogen (secondary N) is 1. The first-order valence-corrected chi connectivity index (χ1v) is 6.39. The molecule has 0 spiro atoms. The van der Waals surface area contributed by atoms with Crippen molar-refractivity contribution in [3.8, 4) is 0 Å². The molecule has 1 aliphatic rings. The molecule has 96 valence electrons. The Morgan fingerprint density at radius 2 is 1.37 bits per heavy atom. The number of carbonyl (C=O) groups is 1. The summed E-state index contributed by atoms with van der Waals surface area (Å²) in [6.07, 6.45) is 0. The van der Waals surface area contributed by atoms with Crippen molar-refractivity contribution in [1.29, 1.82) is 0 Å². The first-order valence-electron chi connectivity index (χ1n) is 6.39. The first-order chi connectivity index (χ1) is 9.21. The van der Waals surface area contributed by atoms with Gasteiger partial charge in [-0.3, -0.25) is 10.2 Å². The van der Waals surface area contributed by atoms with E-state index in [1.807, 2.05) is 41.4 Å². The zero-order valence-electron chi connectivity index (χ0n) is 10.8. The van der Waals surface area contributed by atoms with Crippen LogP contribution in [0.5, 0.6) is 0 Å². The van der Waals surface area contributed by atoms with Crippen LogP contribution in [0.1, 0.15) is 18.1 Å². The third kappa shape index (κ3) is 1.92. The molecule has 1 saturated heterocycles. The third-order valence-corrected chi connectivity index (χ3v) is 3.77. The molecule has 3 nitrogen and oxygen atoms in total. The number of nitrogens with zero attached hydrogens (tertiary/aromatic N) is 1. The normalized spacial score (nSPS) is 15.7. The van der Waals surface area contributed by atoms with Gasteiger partial charge in [0.05, 0.1) is 12.1 Å². The Balaban J connectivity index is 2.08. The van der Waals surface area contributed by atoms with Crippen LogP contribution >= 0.6 is 0 Å². The van der Waals surface area contributed by atoms with E-state index < -0.39 is 0 Å². The van der Waals surface area contributed by atoms with E-state index in [-0.39, 0.29) is 11.4 Å². The van der Waals surface area contributed by atoms with E-state index in [4.69, 9.17) is 0 Å². The molecule has 0 aromatic heterocycles. The molecule has 0 atom stereocenters. The average Bonchev–Trinajstić information content (AvgIpc) is 2.45. The molecular weight excluding hydrogens is 236 g/mol. The monoisotopic (exact) mass is 252 g/mol. The maximum Gasteiger partial charge on any atom is 0.250 e. The van der Waals surface area contributed by atoms with Crippen LogP contribution in [-0.2, 0) is 10.3 Å². The van der Waals surface area contributed by atoms with E-state index in [0.717, 1.165) is 0 Å². The van der Waals surface area contributed by atoms with E-state index in [9.17, 15) is 4.79 Å². The standard InChI is InChI=1S/C16H16N2O/c1-16(18-12-15(19)17-18,13-8-4-2-5-9-13)14-10-6-3-7-11-14/h2-11H,12H2,1H3,(H,17,19). The van der Waals surface area contributed by atoms with E-state index in [2.05, 4.69) is 36.6 Å². The molecule has 0 unspecified atom stereocenters. The van der Waals surface area contributed by atoms with Crippen molar-refractivity contribution in [3.63, 3.8) is 0 Å². The van der Waals surface area contributed by atoms with Gasteiger partial charge in [0, 0.05) is 0 Å². The minimum atomic E-state index is -0.337. The third-order valence-electron chi connectivity index (χ3n) is 3.77. The molecule has 2 aromatic rings. The Morgan fingerprint density at radius 1 is 0.947 bits per heavy atom. The summed E-state index contributed by atoms with van der Waals surface area (Å²) in [6, 6.07) is 20.5. The number of amides is 1. The predicted molar refractivity (Wildman–Crippen MR) is 74.2 cm³/mol. The van der Waals surface area contributed by atoms with Gasteiger partial charge in [-0.05, 0) is 18.1 Å². The van der Waals surface area contributed by atoms with Gasteiger partial charge in [0.15, 0.2) is 0 Å². The van der Waals surface area contributed by atoms with Crippen molar-refractivity contribution < 1.29 is 4.79 Å². The Morgan fingerprint density at radius 3 is 1.74 bits per heavy atom. The smallest absolute Gasteiger partial charge is 0.250 e. The van der Waals surface area contributed by atoms with Crippen LogP contribution in [0.25, 0.3) is 0 Å². The number of rotatable bonds is 3. The Bertz CT molecular complexity index is 533. The van der Waals surface area contributed by atoms with E-state index >= 15 is 0 Å². The lowest BCUT2D eigenvalue weighted by Gasteiger charge is -2.46. The second-order valence-corrected chi connectivity index (χ2v) is 4.93. The highest BCUT2D eigenvalue weighted by Crippen LogP contribution is 2.35. The lowest BCUT2D eigenvalue weighted by molar-refractivity contribution is -0.146. The van der Waals surface area contributed by atoms with Crippen LogP contribution in [0.2, 0.25) is 0 Å². The lowest BCUT2D eigenvalue weighted by Crippen LogP contribution is -2.66. The fraction of sp³-hybridized carbons (Fsp3) is 0.188. The highest BCUT2D eigenvalue weighted by Gasteiger charge is 2.42. The van der Waals surface area contributed by atoms with Crippen molar-refractivity contribution in [2.24, 2.45) is 0 Å². The topological polar surface area (TPSA) is 32.3 Å². The SMILES string of the molecule is CC(c1ccccc1)(c1ccccc1)N1CC(=O)N1. The van der Waals surface area contributed by atoms with Crippen molar-refractivity contribution >= 4 is 5.91 Å². The molecule has 0 aliphatic carbocycles. The van der Waals surface area contributed by atoms with Gasteiger partial charge in [-0.2, -0.15) is 5.01 Å². The number of benzene rings is 2. The molecule has 0 saturated carbocycles. The van der Waals surface area contributed by atoms with Crippen LogP contribution in [0.4, 0.5) is 0 Å². The largest absolute Gasteiger partial charge is 0.286 e. The van der Waals surface area contributed by atoms with Gasteiger partial charge in [0.2, 0.25) is 5.91 Å². The Labute approximate surface area is 112 Å². The van der Waals surface area contributed by atoms with Crippen LogP contribution < -0.4 is 5.43 Å². The number of hydrazine groups is 1. The van der Waals surface area contributed by atoms with Gasteiger partial charge in [-0.1, -0.05) is 60.7 Å². The number of hydrogen-bond acceptors (Lipinski definition) is 2. The average molecular weight is 252 g/mol. The molecule has 2 aromatic carbocycles.